The van der Waals surface area contributed by atoms with Gasteiger partial charge in [-0.3, -0.25) is 0 Å². The summed E-state index contributed by atoms with van der Waals surface area (Å²) >= 11 is 0. The molecule has 319 valence electrons. The predicted molar refractivity (Wildman–Crippen MR) is 162 cm³/mol. The first kappa shape index (κ1) is 79.7. The second-order valence-corrected chi connectivity index (χ2v) is 21.8. The smallest absolute Gasteiger partial charge is 0.776 e. The summed E-state index contributed by atoms with van der Waals surface area (Å²) in [5.74, 6) is 0. The summed E-state index contributed by atoms with van der Waals surface area (Å²) in [5.41, 5.74) is 0. The zero-order valence-corrected chi connectivity index (χ0v) is 35.8. The molecule has 0 rings (SSSR count). The number of hydrogen-bond donors (Lipinski definition) is 13. The molecule has 0 aromatic carbocycles. The van der Waals surface area contributed by atoms with Gasteiger partial charge in [-0.1, -0.05) is 0 Å². The van der Waals surface area contributed by atoms with Gasteiger partial charge < -0.3 is 139 Å². The summed E-state index contributed by atoms with van der Waals surface area (Å²) in [6.45, 7) is 0.775. The van der Waals surface area contributed by atoms with Gasteiger partial charge in [-0.25, -0.2) is 0 Å². The van der Waals surface area contributed by atoms with Crippen molar-refractivity contribution in [2.75, 3.05) is 63.4 Å². The van der Waals surface area contributed by atoms with Gasteiger partial charge in [-0.05, 0) is 20.8 Å². The Balaban J connectivity index is -0.0000000417. The first-order valence-electron chi connectivity index (χ1n) is 11.9. The fourth-order valence-corrected chi connectivity index (χ4v) is 4.31. The Bertz CT molecular complexity index is 875. The summed E-state index contributed by atoms with van der Waals surface area (Å²) < 4.78 is 60.6. The molecular weight excluding hydrogens is 861 g/mol. The van der Waals surface area contributed by atoms with Crippen LogP contribution < -0.4 is 50.2 Å². The Morgan fingerprint density at radius 1 is 0.420 bits per heavy atom. The Morgan fingerprint density at radius 3 is 0.460 bits per heavy atom. The van der Waals surface area contributed by atoms with Crippen LogP contribution in [0, 0.1) is 0 Å². The fraction of sp³-hybridized carbons (Fsp3) is 1.00. The largest absolute Gasteiger partial charge is 2.00 e. The Hall–Kier alpha value is 1.02. The van der Waals surface area contributed by atoms with E-state index in [1.807, 2.05) is 58.2 Å². The van der Waals surface area contributed by atoms with Gasteiger partial charge in [0.05, 0.1) is 63.4 Å². The van der Waals surface area contributed by atoms with Crippen molar-refractivity contribution in [3.8, 4) is 0 Å². The second-order valence-electron chi connectivity index (χ2n) is 9.27. The van der Waals surface area contributed by atoms with E-state index in [0.29, 0.717) is 0 Å². The Labute approximate surface area is 300 Å². The molecule has 1 radical (unpaired) electrons. The van der Waals surface area contributed by atoms with E-state index < -0.39 is 60.8 Å². The maximum atomic E-state index is 10.1. The fourth-order valence-electron chi connectivity index (χ4n) is 0.479. The average molecular weight is 919 g/mol. The molecule has 0 spiro atoms. The number of aliphatic hydroxyl groups is 3. The molecular formula is C15H58MnN4O24P6. The van der Waals surface area contributed by atoms with Crippen LogP contribution in [0.3, 0.4) is 0 Å². The Morgan fingerprint density at radius 2 is 0.460 bits per heavy atom. The average Bonchev–Trinajstić information content (AvgIpc) is 2.71. The molecule has 22 N–H and O–H groups in total. The monoisotopic (exact) mass is 919 g/mol. The Kier molecular flexibility index (Phi) is 51.5. The van der Waals surface area contributed by atoms with E-state index in [9.17, 15) is 56.8 Å². The van der Waals surface area contributed by atoms with Crippen molar-refractivity contribution in [2.45, 2.75) is 36.0 Å². The zero-order valence-electron chi connectivity index (χ0n) is 29.2. The first-order valence-corrected chi connectivity index (χ1v) is 21.3. The van der Waals surface area contributed by atoms with E-state index in [2.05, 4.69) is 21.1 Å². The quantitative estimate of drug-likeness (QED) is 0.0869. The van der Waals surface area contributed by atoms with Crippen molar-refractivity contribution >= 4 is 45.6 Å². The maximum Gasteiger partial charge on any atom is 2.00 e. The van der Waals surface area contributed by atoms with Crippen LogP contribution >= 0.6 is 45.6 Å². The van der Waals surface area contributed by atoms with Gasteiger partial charge in [-0.2, -0.15) is 0 Å². The van der Waals surface area contributed by atoms with Crippen molar-refractivity contribution < 1.29 is 156 Å². The van der Waals surface area contributed by atoms with Crippen molar-refractivity contribution in [1.29, 1.82) is 0 Å². The van der Waals surface area contributed by atoms with Crippen molar-refractivity contribution in [3.05, 3.63) is 0 Å². The SMILES string of the molecule is CC(O)(P(=O)([O-])O)P(=O)([O-])O.CC(O)(P(=O)([O-])O)P(=O)([O-])O.CC(O)(P(=O)([O-])O)P(=O)([O-])O.C[NH+](C)C.C[NH2+]C.C[NH2+]C.C[NH2+]C.O.O.O.[Mn+2]. The van der Waals surface area contributed by atoms with Crippen LogP contribution in [-0.2, 0) is 44.5 Å². The topological polar surface area (TPSA) is 572 Å². The summed E-state index contributed by atoms with van der Waals surface area (Å²) in [7, 11) is -14.8. The molecule has 0 bridgehead atoms. The van der Waals surface area contributed by atoms with Crippen LogP contribution in [0.1, 0.15) is 20.8 Å². The molecule has 35 heteroatoms. The van der Waals surface area contributed by atoms with E-state index in [1.54, 1.807) is 0 Å². The van der Waals surface area contributed by atoms with Crippen LogP contribution in [0.4, 0.5) is 0 Å². The van der Waals surface area contributed by atoms with Crippen LogP contribution in [0.5, 0.6) is 0 Å². The van der Waals surface area contributed by atoms with E-state index in [4.69, 9.17) is 44.7 Å². The third-order valence-electron chi connectivity index (χ3n) is 3.21. The maximum absolute atomic E-state index is 10.1. The van der Waals surface area contributed by atoms with Gasteiger partial charge in [-0.15, -0.1) is 0 Å². The number of rotatable bonds is 6. The number of hydrogen-bond acceptors (Lipinski definition) is 15. The third kappa shape index (κ3) is 37.3. The van der Waals surface area contributed by atoms with Gasteiger partial charge >= 0.3 is 17.1 Å². The van der Waals surface area contributed by atoms with E-state index >= 15 is 0 Å². The standard InChI is InChI=1S/C3H9N.3C2H7N.3C2H8O7P2.Mn.3H2O/c1-4(2)3;3*1-3-2;3*1-2(3,10(4,5)6)11(7,8)9;;;;/h1-3H3;3*3H,1-2H3;3*3H,1H3,(H2,4,5,6)(H2,7,8,9);;3*1H2/q;;;;;;;+2;;;/p-2. The summed E-state index contributed by atoms with van der Waals surface area (Å²) in [5, 5.41) is 21.1. The molecule has 0 aromatic heterocycles. The molecule has 0 aromatic rings. The summed E-state index contributed by atoms with van der Waals surface area (Å²) in [6, 6.07) is 0. The molecule has 50 heavy (non-hydrogen) atoms. The number of nitrogens with one attached hydrogen (secondary N) is 1. The minimum atomic E-state index is -5.51. The molecule has 0 heterocycles. The molecule has 0 aliphatic heterocycles. The summed E-state index contributed by atoms with van der Waals surface area (Å²) in [6.07, 6.45) is 0. The molecule has 0 aliphatic rings. The van der Waals surface area contributed by atoms with Crippen LogP contribution in [0.2, 0.25) is 0 Å². The van der Waals surface area contributed by atoms with Crippen LogP contribution in [-0.4, -0.2) is 140 Å². The van der Waals surface area contributed by atoms with E-state index in [0.717, 1.165) is 0 Å². The third-order valence-corrected chi connectivity index (χ3v) is 14.2. The van der Waals surface area contributed by atoms with Crippen LogP contribution in [0.25, 0.3) is 0 Å². The van der Waals surface area contributed by atoms with Crippen molar-refractivity contribution in [3.63, 3.8) is 0 Å². The van der Waals surface area contributed by atoms with Gasteiger partial charge in [0.1, 0.15) is 0 Å². The molecule has 28 nitrogen and oxygen atoms in total. The van der Waals surface area contributed by atoms with E-state index in [-0.39, 0.29) is 54.3 Å². The molecule has 6 unspecified atom stereocenters. The molecule has 0 aliphatic carbocycles. The van der Waals surface area contributed by atoms with Gasteiger partial charge in [0.25, 0.3) is 0 Å². The molecule has 6 atom stereocenters. The number of quaternary nitrogens is 4. The second kappa shape index (κ2) is 32.3. The predicted octanol–water partition coefficient (Wildman–Crippen LogP) is -14.1. The summed E-state index contributed by atoms with van der Waals surface area (Å²) in [4.78, 5) is 111. The minimum Gasteiger partial charge on any atom is -0.776 e. The molecule has 0 saturated heterocycles. The van der Waals surface area contributed by atoms with Crippen molar-refractivity contribution in [1.82, 2.24) is 0 Å². The normalized spacial score (nSPS) is 20.4. The van der Waals surface area contributed by atoms with E-state index in [1.165, 1.54) is 4.90 Å². The number of nitrogens with two attached hydrogens (primary N) is 3. The van der Waals surface area contributed by atoms with Crippen LogP contribution in [0.15, 0.2) is 0 Å². The zero-order chi connectivity index (χ0) is 40.2. The molecule has 0 fully saturated rings. The van der Waals surface area contributed by atoms with Gasteiger partial charge in [0.15, 0.2) is 60.8 Å². The van der Waals surface area contributed by atoms with Gasteiger partial charge in [0, 0.05) is 0 Å². The van der Waals surface area contributed by atoms with Crippen molar-refractivity contribution in [2.24, 2.45) is 0 Å². The molecule has 0 amide bonds. The first-order chi connectivity index (χ1) is 19.5. The van der Waals surface area contributed by atoms with Gasteiger partial charge in [0.2, 0.25) is 0 Å². The minimum absolute atomic E-state index is 0. The molecule has 0 saturated carbocycles.